The summed E-state index contributed by atoms with van der Waals surface area (Å²) in [5, 5.41) is 8.54. The van der Waals surface area contributed by atoms with Crippen LogP contribution in [0.3, 0.4) is 0 Å². The molecule has 4 heteroatoms. The molecule has 0 radical (unpaired) electrons. The van der Waals surface area contributed by atoms with Gasteiger partial charge in [-0.15, -0.1) is 0 Å². The molecular weight excluding hydrogens is 152 g/mol. The third kappa shape index (κ3) is 1.26. The molecule has 0 saturated heterocycles. The van der Waals surface area contributed by atoms with Gasteiger partial charge in [-0.1, -0.05) is 0 Å². The summed E-state index contributed by atoms with van der Waals surface area (Å²) in [6.07, 6.45) is 2.17. The summed E-state index contributed by atoms with van der Waals surface area (Å²) in [6, 6.07) is 0. The van der Waals surface area contributed by atoms with Gasteiger partial charge in [0.05, 0.1) is 17.2 Å². The second kappa shape index (κ2) is 2.96. The fourth-order valence-corrected chi connectivity index (χ4v) is 1.74. The largest absolute Gasteiger partial charge is 0.481 e. The van der Waals surface area contributed by atoms with Crippen LogP contribution in [0.2, 0.25) is 0 Å². The van der Waals surface area contributed by atoms with Gasteiger partial charge in [-0.3, -0.25) is 4.79 Å². The zero-order chi connectivity index (χ0) is 7.56. The predicted molar refractivity (Wildman–Crippen MR) is 38.1 cm³/mol. The second-order valence-electron chi connectivity index (χ2n) is 2.33. The summed E-state index contributed by atoms with van der Waals surface area (Å²) in [7, 11) is 0. The van der Waals surface area contributed by atoms with Gasteiger partial charge >= 0.3 is 5.97 Å². The van der Waals surface area contributed by atoms with Crippen LogP contribution in [-0.2, 0) is 16.1 Å². The Kier molecular flexibility index (Phi) is 2.21. The van der Waals surface area contributed by atoms with Gasteiger partial charge in [0.15, 0.2) is 0 Å². The maximum atomic E-state index is 10.4. The van der Waals surface area contributed by atoms with Crippen molar-refractivity contribution in [1.82, 2.24) is 0 Å². The lowest BCUT2D eigenvalue weighted by Crippen LogP contribution is -2.17. The molecule has 56 valence electrons. The monoisotopic (exact) mass is 160 g/mol. The number of carbonyl (C=O) groups is 1. The summed E-state index contributed by atoms with van der Waals surface area (Å²) < 4.78 is 10.3. The molecule has 1 saturated carbocycles. The molecule has 1 rings (SSSR count). The van der Waals surface area contributed by atoms with E-state index < -0.39 is 11.9 Å². The van der Waals surface area contributed by atoms with E-state index in [9.17, 15) is 9.00 Å². The van der Waals surface area contributed by atoms with Gasteiger partial charge in [0.1, 0.15) is 0 Å². The van der Waals surface area contributed by atoms with Crippen molar-refractivity contribution >= 4 is 22.1 Å². The number of carboxylic acids is 1. The molecule has 0 spiro atoms. The topological polar surface area (TPSA) is 54.4 Å². The molecular formula is C6H8O3S. The molecule has 1 fully saturated rings. The van der Waals surface area contributed by atoms with Crippen molar-refractivity contribution in [2.75, 3.05) is 0 Å². The van der Waals surface area contributed by atoms with E-state index in [1.807, 2.05) is 0 Å². The Labute approximate surface area is 62.1 Å². The van der Waals surface area contributed by atoms with Crippen molar-refractivity contribution < 1.29 is 14.1 Å². The first-order valence-corrected chi connectivity index (χ1v) is 3.88. The van der Waals surface area contributed by atoms with Crippen molar-refractivity contribution in [2.45, 2.75) is 19.3 Å². The molecule has 0 aromatic heterocycles. The molecule has 0 bridgehead atoms. The van der Waals surface area contributed by atoms with Crippen LogP contribution in [0.4, 0.5) is 0 Å². The van der Waals surface area contributed by atoms with Gasteiger partial charge in [0.2, 0.25) is 0 Å². The third-order valence-corrected chi connectivity index (χ3v) is 2.41. The first-order valence-electron chi connectivity index (χ1n) is 3.14. The molecule has 0 aliphatic heterocycles. The predicted octanol–water partition coefficient (Wildman–Crippen LogP) is 0.257. The van der Waals surface area contributed by atoms with Crippen LogP contribution in [-0.4, -0.2) is 20.1 Å². The van der Waals surface area contributed by atoms with E-state index in [4.69, 9.17) is 5.11 Å². The Bertz CT molecular complexity index is 205. The normalized spacial score (nSPS) is 24.8. The minimum absolute atomic E-state index is 0.355. The zero-order valence-corrected chi connectivity index (χ0v) is 6.19. The third-order valence-electron chi connectivity index (χ3n) is 1.71. The Balaban J connectivity index is 2.78. The van der Waals surface area contributed by atoms with E-state index in [1.54, 1.807) is 0 Å². The van der Waals surface area contributed by atoms with Crippen LogP contribution >= 0.6 is 0 Å². The molecule has 3 nitrogen and oxygen atoms in total. The van der Waals surface area contributed by atoms with Crippen LogP contribution in [0, 0.1) is 5.92 Å². The highest BCUT2D eigenvalue weighted by Crippen LogP contribution is 2.21. The highest BCUT2D eigenvalue weighted by atomic mass is 32.1. The average Bonchev–Trinajstić information content (AvgIpc) is 2.33. The lowest BCUT2D eigenvalue weighted by Gasteiger charge is -1.99. The standard InChI is InChI=1S/C6H8O3S/c7-6(8)4-2-1-3-5(4)10-9/h4H,1-3H2,(H,7,8). The number of hydrogen-bond donors (Lipinski definition) is 1. The van der Waals surface area contributed by atoms with E-state index in [1.165, 1.54) is 0 Å². The maximum Gasteiger partial charge on any atom is 0.311 e. The highest BCUT2D eigenvalue weighted by Gasteiger charge is 2.28. The first-order chi connectivity index (χ1) is 4.75. The van der Waals surface area contributed by atoms with E-state index >= 15 is 0 Å². The Morgan fingerprint density at radius 1 is 1.70 bits per heavy atom. The maximum absolute atomic E-state index is 10.4. The lowest BCUT2D eigenvalue weighted by molar-refractivity contribution is -0.139. The minimum atomic E-state index is -0.851. The molecule has 0 aromatic rings. The van der Waals surface area contributed by atoms with Crippen LogP contribution in [0.5, 0.6) is 0 Å². The molecule has 1 aliphatic carbocycles. The summed E-state index contributed by atoms with van der Waals surface area (Å²) in [4.78, 5) is 11.0. The van der Waals surface area contributed by atoms with Crippen LogP contribution in [0.1, 0.15) is 19.3 Å². The summed E-state index contributed by atoms with van der Waals surface area (Å²) in [5.41, 5.74) is 0. The number of carboxylic acid groups (broad SMARTS) is 1. The number of rotatable bonds is 1. The molecule has 1 aliphatic rings. The van der Waals surface area contributed by atoms with Crippen molar-refractivity contribution in [1.29, 1.82) is 0 Å². The van der Waals surface area contributed by atoms with Gasteiger partial charge in [0.25, 0.3) is 0 Å². The summed E-state index contributed by atoms with van der Waals surface area (Å²) >= 11 is 0.355. The quantitative estimate of drug-likeness (QED) is 0.560. The SMILES string of the molecule is O=S=C1CCCC1C(=O)O. The molecule has 10 heavy (non-hydrogen) atoms. The van der Waals surface area contributed by atoms with Crippen molar-refractivity contribution in [3.8, 4) is 0 Å². The van der Waals surface area contributed by atoms with Gasteiger partial charge in [-0.05, 0) is 19.3 Å². The van der Waals surface area contributed by atoms with Crippen LogP contribution in [0.25, 0.3) is 0 Å². The van der Waals surface area contributed by atoms with Crippen molar-refractivity contribution in [2.24, 2.45) is 5.92 Å². The molecule has 0 aromatic carbocycles. The van der Waals surface area contributed by atoms with E-state index in [-0.39, 0.29) is 0 Å². The number of aliphatic carboxylic acids is 1. The van der Waals surface area contributed by atoms with Gasteiger partial charge in [0, 0.05) is 4.86 Å². The fraction of sp³-hybridized carbons (Fsp3) is 0.667. The number of hydrogen-bond acceptors (Lipinski definition) is 2. The Hall–Kier alpha value is -0.640. The highest BCUT2D eigenvalue weighted by molar-refractivity contribution is 7.66. The lowest BCUT2D eigenvalue weighted by atomic mass is 10.1. The van der Waals surface area contributed by atoms with Crippen LogP contribution < -0.4 is 0 Å². The molecule has 0 amide bonds. The van der Waals surface area contributed by atoms with Gasteiger partial charge < -0.3 is 5.11 Å². The molecule has 0 heterocycles. The smallest absolute Gasteiger partial charge is 0.311 e. The summed E-state index contributed by atoms with van der Waals surface area (Å²) in [5.74, 6) is -1.32. The van der Waals surface area contributed by atoms with Crippen LogP contribution in [0.15, 0.2) is 0 Å². The van der Waals surface area contributed by atoms with Crippen molar-refractivity contribution in [3.63, 3.8) is 0 Å². The zero-order valence-electron chi connectivity index (χ0n) is 5.37. The first kappa shape index (κ1) is 7.47. The van der Waals surface area contributed by atoms with E-state index in [2.05, 4.69) is 0 Å². The molecule has 1 atom stereocenters. The fourth-order valence-electron chi connectivity index (χ4n) is 1.18. The van der Waals surface area contributed by atoms with Gasteiger partial charge in [-0.2, -0.15) is 0 Å². The van der Waals surface area contributed by atoms with E-state index in [0.717, 1.165) is 6.42 Å². The van der Waals surface area contributed by atoms with E-state index in [0.29, 0.717) is 29.0 Å². The minimum Gasteiger partial charge on any atom is -0.481 e. The molecule has 1 unspecified atom stereocenters. The average molecular weight is 160 g/mol. The summed E-state index contributed by atoms with van der Waals surface area (Å²) in [6.45, 7) is 0. The van der Waals surface area contributed by atoms with Gasteiger partial charge in [-0.25, -0.2) is 4.21 Å². The second-order valence-corrected chi connectivity index (χ2v) is 3.02. The Morgan fingerprint density at radius 3 is 2.80 bits per heavy atom. The molecule has 1 N–H and O–H groups in total. The van der Waals surface area contributed by atoms with Crippen molar-refractivity contribution in [3.05, 3.63) is 0 Å². The Morgan fingerprint density at radius 2 is 2.40 bits per heavy atom.